The summed E-state index contributed by atoms with van der Waals surface area (Å²) in [5, 5.41) is 4.45. The second kappa shape index (κ2) is 6.14. The minimum absolute atomic E-state index is 0.0306. The lowest BCUT2D eigenvalue weighted by atomic mass is 10.2. The summed E-state index contributed by atoms with van der Waals surface area (Å²) in [6.07, 6.45) is 2.46. The lowest BCUT2D eigenvalue weighted by Gasteiger charge is -2.16. The second-order valence-electron chi connectivity index (χ2n) is 5.51. The van der Waals surface area contributed by atoms with Crippen molar-refractivity contribution in [3.05, 3.63) is 40.0 Å². The van der Waals surface area contributed by atoms with Crippen molar-refractivity contribution in [1.29, 1.82) is 0 Å². The highest BCUT2D eigenvalue weighted by Crippen LogP contribution is 2.20. The van der Waals surface area contributed by atoms with Crippen molar-refractivity contribution in [2.24, 2.45) is 0 Å². The number of carbonyl (C=O) groups excluding carboxylic acids is 1. The van der Waals surface area contributed by atoms with Crippen molar-refractivity contribution in [2.45, 2.75) is 33.0 Å². The molecule has 1 N–H and O–H groups in total. The summed E-state index contributed by atoms with van der Waals surface area (Å²) in [6, 6.07) is 1.64. The van der Waals surface area contributed by atoms with E-state index in [-0.39, 0.29) is 12.0 Å². The molecular formula is C15H18ClN3O3. The molecule has 7 heteroatoms. The van der Waals surface area contributed by atoms with E-state index in [2.05, 4.69) is 10.1 Å². The van der Waals surface area contributed by atoms with E-state index in [9.17, 15) is 4.79 Å². The lowest BCUT2D eigenvalue weighted by Crippen LogP contribution is -2.30. The number of halogens is 1. The molecule has 22 heavy (non-hydrogen) atoms. The van der Waals surface area contributed by atoms with Crippen molar-refractivity contribution in [1.82, 2.24) is 15.0 Å². The van der Waals surface area contributed by atoms with Gasteiger partial charge in [-0.3, -0.25) is 4.79 Å². The maximum atomic E-state index is 12.3. The zero-order valence-corrected chi connectivity index (χ0v) is 13.3. The number of likely N-dealkylation sites (tertiary alicyclic amines) is 1. The molecule has 0 bridgehead atoms. The number of amides is 1. The van der Waals surface area contributed by atoms with Crippen LogP contribution in [-0.2, 0) is 11.3 Å². The maximum Gasteiger partial charge on any atom is 0.270 e. The highest BCUT2D eigenvalue weighted by atomic mass is 35.5. The standard InChI is InChI=1S/C15H18ClN3O3/c1-9-13(10(2)22-18-9)8-21-12-3-4-19(7-12)15(20)14-5-11(16)6-17-14/h5-6,12,17H,3-4,7-8H2,1-2H3. The van der Waals surface area contributed by atoms with Gasteiger partial charge in [-0.1, -0.05) is 16.8 Å². The third-order valence-electron chi connectivity index (χ3n) is 3.96. The number of aromatic nitrogens is 2. The number of H-pyrrole nitrogens is 1. The Morgan fingerprint density at radius 2 is 2.41 bits per heavy atom. The maximum absolute atomic E-state index is 12.3. The van der Waals surface area contributed by atoms with Crippen LogP contribution in [-0.4, -0.2) is 40.1 Å². The van der Waals surface area contributed by atoms with Crippen LogP contribution in [0.1, 0.15) is 33.9 Å². The van der Waals surface area contributed by atoms with Crippen LogP contribution in [0, 0.1) is 13.8 Å². The summed E-state index contributed by atoms with van der Waals surface area (Å²) in [5.41, 5.74) is 2.35. The number of aromatic amines is 1. The third kappa shape index (κ3) is 3.03. The average Bonchev–Trinajstić information content (AvgIpc) is 3.19. The van der Waals surface area contributed by atoms with Crippen molar-refractivity contribution in [2.75, 3.05) is 13.1 Å². The van der Waals surface area contributed by atoms with Crippen LogP contribution in [0.25, 0.3) is 0 Å². The first-order chi connectivity index (χ1) is 10.5. The molecule has 1 atom stereocenters. The number of nitrogens with zero attached hydrogens (tertiary/aromatic N) is 2. The molecule has 2 aromatic heterocycles. The molecule has 1 aliphatic rings. The summed E-state index contributed by atoms with van der Waals surface area (Å²) in [7, 11) is 0. The summed E-state index contributed by atoms with van der Waals surface area (Å²) in [4.78, 5) is 17.0. The van der Waals surface area contributed by atoms with Crippen molar-refractivity contribution >= 4 is 17.5 Å². The zero-order valence-electron chi connectivity index (χ0n) is 12.6. The monoisotopic (exact) mass is 323 g/mol. The zero-order chi connectivity index (χ0) is 15.7. The Morgan fingerprint density at radius 1 is 1.59 bits per heavy atom. The van der Waals surface area contributed by atoms with E-state index in [0.29, 0.717) is 30.4 Å². The van der Waals surface area contributed by atoms with Crippen molar-refractivity contribution in [3.63, 3.8) is 0 Å². The summed E-state index contributed by atoms with van der Waals surface area (Å²) < 4.78 is 11.0. The molecule has 6 nitrogen and oxygen atoms in total. The van der Waals surface area contributed by atoms with Crippen LogP contribution in [0.3, 0.4) is 0 Å². The van der Waals surface area contributed by atoms with Gasteiger partial charge in [0, 0.05) is 24.8 Å². The van der Waals surface area contributed by atoms with Gasteiger partial charge >= 0.3 is 0 Å². The molecule has 1 fully saturated rings. The first kappa shape index (κ1) is 15.1. The van der Waals surface area contributed by atoms with Crippen LogP contribution in [0.15, 0.2) is 16.8 Å². The van der Waals surface area contributed by atoms with E-state index in [1.807, 2.05) is 13.8 Å². The van der Waals surface area contributed by atoms with Gasteiger partial charge in [0.25, 0.3) is 5.91 Å². The first-order valence-corrected chi connectivity index (χ1v) is 7.59. The smallest absolute Gasteiger partial charge is 0.270 e. The van der Waals surface area contributed by atoms with Crippen LogP contribution in [0.4, 0.5) is 0 Å². The predicted octanol–water partition coefficient (Wildman–Crippen LogP) is 2.70. The minimum Gasteiger partial charge on any atom is -0.371 e. The number of ether oxygens (including phenoxy) is 1. The Kier molecular flexibility index (Phi) is 4.22. The van der Waals surface area contributed by atoms with Gasteiger partial charge in [0.15, 0.2) is 0 Å². The number of carbonyl (C=O) groups is 1. The number of rotatable bonds is 4. The van der Waals surface area contributed by atoms with E-state index < -0.39 is 0 Å². The van der Waals surface area contributed by atoms with E-state index in [4.69, 9.17) is 20.9 Å². The second-order valence-corrected chi connectivity index (χ2v) is 5.94. The van der Waals surface area contributed by atoms with Gasteiger partial charge in [-0.25, -0.2) is 0 Å². The fraction of sp³-hybridized carbons (Fsp3) is 0.467. The third-order valence-corrected chi connectivity index (χ3v) is 4.17. The van der Waals surface area contributed by atoms with Gasteiger partial charge in [-0.05, 0) is 26.3 Å². The molecular weight excluding hydrogens is 306 g/mol. The highest BCUT2D eigenvalue weighted by Gasteiger charge is 2.28. The molecule has 0 aliphatic carbocycles. The van der Waals surface area contributed by atoms with Crippen LogP contribution in [0.5, 0.6) is 0 Å². The van der Waals surface area contributed by atoms with Gasteiger partial charge < -0.3 is 19.1 Å². The molecule has 1 unspecified atom stereocenters. The normalized spacial score (nSPS) is 18.1. The van der Waals surface area contributed by atoms with Gasteiger partial charge in [-0.2, -0.15) is 0 Å². The largest absolute Gasteiger partial charge is 0.371 e. The average molecular weight is 324 g/mol. The van der Waals surface area contributed by atoms with Gasteiger partial charge in [0.1, 0.15) is 11.5 Å². The van der Waals surface area contributed by atoms with E-state index in [1.54, 1.807) is 17.2 Å². The Hall–Kier alpha value is -1.79. The summed E-state index contributed by atoms with van der Waals surface area (Å²) in [6.45, 7) is 5.50. The number of aryl methyl sites for hydroxylation is 2. The summed E-state index contributed by atoms with van der Waals surface area (Å²) in [5.74, 6) is 0.736. The molecule has 118 valence electrons. The predicted molar refractivity (Wildman–Crippen MR) is 80.9 cm³/mol. The molecule has 2 aromatic rings. The van der Waals surface area contributed by atoms with Gasteiger partial charge in [0.05, 0.1) is 23.4 Å². The quantitative estimate of drug-likeness (QED) is 0.939. The highest BCUT2D eigenvalue weighted by molar-refractivity contribution is 6.30. The molecule has 1 amide bonds. The number of hydrogen-bond donors (Lipinski definition) is 1. The van der Waals surface area contributed by atoms with Crippen LogP contribution >= 0.6 is 11.6 Å². The Morgan fingerprint density at radius 3 is 3.05 bits per heavy atom. The SMILES string of the molecule is Cc1noc(C)c1COC1CCN(C(=O)c2cc(Cl)c[nH]2)C1. The molecule has 1 aliphatic heterocycles. The fourth-order valence-corrected chi connectivity index (χ4v) is 2.78. The Balaban J connectivity index is 1.55. The van der Waals surface area contributed by atoms with E-state index in [1.165, 1.54) is 0 Å². The van der Waals surface area contributed by atoms with Crippen LogP contribution < -0.4 is 0 Å². The molecule has 3 heterocycles. The Labute approximate surface area is 133 Å². The van der Waals surface area contributed by atoms with Crippen LogP contribution in [0.2, 0.25) is 5.02 Å². The van der Waals surface area contributed by atoms with Crippen molar-refractivity contribution in [3.8, 4) is 0 Å². The first-order valence-electron chi connectivity index (χ1n) is 7.21. The molecule has 3 rings (SSSR count). The minimum atomic E-state index is -0.0460. The topological polar surface area (TPSA) is 71.4 Å². The van der Waals surface area contributed by atoms with E-state index >= 15 is 0 Å². The van der Waals surface area contributed by atoms with Gasteiger partial charge in [-0.15, -0.1) is 0 Å². The van der Waals surface area contributed by atoms with Crippen molar-refractivity contribution < 1.29 is 14.1 Å². The molecule has 0 saturated carbocycles. The Bertz CT molecular complexity index is 660. The number of hydrogen-bond acceptors (Lipinski definition) is 4. The lowest BCUT2D eigenvalue weighted by molar-refractivity contribution is 0.0429. The van der Waals surface area contributed by atoms with Gasteiger partial charge in [0.2, 0.25) is 0 Å². The molecule has 0 spiro atoms. The number of nitrogens with one attached hydrogen (secondary N) is 1. The molecule has 1 saturated heterocycles. The van der Waals surface area contributed by atoms with E-state index in [0.717, 1.165) is 23.4 Å². The summed E-state index contributed by atoms with van der Waals surface area (Å²) >= 11 is 5.83. The molecule has 0 aromatic carbocycles. The molecule has 0 radical (unpaired) electrons. The fourth-order valence-electron chi connectivity index (χ4n) is 2.62.